The number of likely N-dealkylation sites (tertiary alicyclic amines) is 1. The Bertz CT molecular complexity index is 1380. The molecule has 0 spiro atoms. The lowest BCUT2D eigenvalue weighted by Gasteiger charge is -2.33. The fourth-order valence-electron chi connectivity index (χ4n) is 4.42. The van der Waals surface area contributed by atoms with Crippen molar-refractivity contribution in [3.8, 4) is 17.3 Å². The summed E-state index contributed by atoms with van der Waals surface area (Å²) in [6.07, 6.45) is -0.806. The average Bonchev–Trinajstić information content (AvgIpc) is 2.87. The summed E-state index contributed by atoms with van der Waals surface area (Å²) < 4.78 is 73.8. The second-order valence-corrected chi connectivity index (χ2v) is 14.0. The molecule has 41 heavy (non-hydrogen) atoms. The summed E-state index contributed by atoms with van der Waals surface area (Å²) >= 11 is 7.50. The van der Waals surface area contributed by atoms with Crippen molar-refractivity contribution in [2.24, 2.45) is 5.92 Å². The number of hydrogen-bond donors (Lipinski definition) is 2. The highest BCUT2D eigenvalue weighted by atomic mass is 35.5. The molecule has 0 radical (unpaired) electrons. The van der Waals surface area contributed by atoms with E-state index in [9.17, 15) is 26.4 Å². The van der Waals surface area contributed by atoms with Crippen LogP contribution in [-0.4, -0.2) is 55.6 Å². The van der Waals surface area contributed by atoms with Gasteiger partial charge in [0, 0.05) is 24.3 Å². The quantitative estimate of drug-likeness (QED) is 0.191. The molecule has 1 atom stereocenters. The molecule has 2 N–H and O–H groups in total. The molecule has 0 bridgehead atoms. The van der Waals surface area contributed by atoms with Gasteiger partial charge in [-0.2, -0.15) is 18.4 Å². The number of carbonyl (C=O) groups is 1. The Hall–Kier alpha value is -2.82. The lowest BCUT2D eigenvalue weighted by atomic mass is 9.98. The van der Waals surface area contributed by atoms with E-state index in [4.69, 9.17) is 21.6 Å². The number of piperidine rings is 1. The summed E-state index contributed by atoms with van der Waals surface area (Å²) in [5.74, 6) is -0.318. The van der Waals surface area contributed by atoms with E-state index < -0.39 is 38.8 Å². The fraction of sp³-hybridized carbons (Fsp3) is 0.481. The predicted molar refractivity (Wildman–Crippen MR) is 154 cm³/mol. The number of alkyl halides is 3. The lowest BCUT2D eigenvalue weighted by molar-refractivity contribution is -0.137. The van der Waals surface area contributed by atoms with Gasteiger partial charge in [0.15, 0.2) is 21.5 Å². The SMILES string of the molecule is CSC(NC#N)Nc1cc(Cl)c(-c2ccc(S(=O)(=O)CC3CCN(C(=O)OC(C)(C)C)CC3)cc2)c(C(F)(F)F)c1. The van der Waals surface area contributed by atoms with Gasteiger partial charge in [-0.1, -0.05) is 23.7 Å². The van der Waals surface area contributed by atoms with Crippen molar-refractivity contribution in [1.29, 1.82) is 5.26 Å². The third kappa shape index (κ3) is 8.83. The van der Waals surface area contributed by atoms with Crippen LogP contribution < -0.4 is 10.6 Å². The van der Waals surface area contributed by atoms with Gasteiger partial charge < -0.3 is 15.0 Å². The molecule has 0 saturated carbocycles. The van der Waals surface area contributed by atoms with Gasteiger partial charge >= 0.3 is 12.3 Å². The molecule has 1 aliphatic heterocycles. The van der Waals surface area contributed by atoms with Gasteiger partial charge in [0.1, 0.15) is 5.60 Å². The van der Waals surface area contributed by atoms with Crippen LogP contribution in [0.4, 0.5) is 23.7 Å². The van der Waals surface area contributed by atoms with Crippen molar-refractivity contribution in [2.75, 3.05) is 30.4 Å². The fourth-order valence-corrected chi connectivity index (χ4v) is 6.87. The van der Waals surface area contributed by atoms with E-state index in [0.29, 0.717) is 25.9 Å². The molecule has 8 nitrogen and oxygen atoms in total. The molecule has 1 saturated heterocycles. The Morgan fingerprint density at radius 3 is 2.32 bits per heavy atom. The molecule has 1 aliphatic rings. The number of amides is 1. The van der Waals surface area contributed by atoms with Gasteiger partial charge in [-0.05, 0) is 75.6 Å². The van der Waals surface area contributed by atoms with E-state index in [1.165, 1.54) is 42.1 Å². The standard InChI is InChI=1S/C27H32ClF3N4O4S2/c1-26(2,3)39-25(36)35-11-9-17(10-12-35)15-41(37,38)20-7-5-18(6-8-20)23-21(27(29,30)31)13-19(14-22(23)28)34-24(40-4)33-16-32/h5-8,13-14,17,24,33-34H,9-12,15H2,1-4H3. The van der Waals surface area contributed by atoms with Crippen LogP contribution in [0, 0.1) is 17.4 Å². The number of sulfone groups is 1. The van der Waals surface area contributed by atoms with E-state index in [0.717, 1.165) is 6.07 Å². The highest BCUT2D eigenvalue weighted by Crippen LogP contribution is 2.43. The van der Waals surface area contributed by atoms with E-state index in [1.54, 1.807) is 38.1 Å². The first-order valence-electron chi connectivity index (χ1n) is 12.7. The van der Waals surface area contributed by atoms with Gasteiger partial charge in [0.2, 0.25) is 0 Å². The molecule has 3 rings (SSSR count). The molecule has 1 heterocycles. The molecule has 14 heteroatoms. The molecule has 0 aliphatic carbocycles. The van der Waals surface area contributed by atoms with Crippen molar-refractivity contribution in [1.82, 2.24) is 10.2 Å². The van der Waals surface area contributed by atoms with Crippen LogP contribution in [0.2, 0.25) is 5.02 Å². The zero-order chi connectivity index (χ0) is 30.6. The van der Waals surface area contributed by atoms with Gasteiger partial charge in [-0.25, -0.2) is 13.2 Å². The number of ether oxygens (including phenoxy) is 1. The summed E-state index contributed by atoms with van der Waals surface area (Å²) in [5.41, 5.74) is -2.41. The zero-order valence-corrected chi connectivity index (χ0v) is 25.4. The van der Waals surface area contributed by atoms with Crippen molar-refractivity contribution >= 4 is 45.0 Å². The maximum Gasteiger partial charge on any atom is 0.417 e. The Morgan fingerprint density at radius 1 is 1.20 bits per heavy atom. The van der Waals surface area contributed by atoms with E-state index >= 15 is 0 Å². The zero-order valence-electron chi connectivity index (χ0n) is 23.0. The second kappa shape index (κ2) is 13.0. The summed E-state index contributed by atoms with van der Waals surface area (Å²) in [7, 11) is -3.74. The van der Waals surface area contributed by atoms with Crippen LogP contribution in [0.5, 0.6) is 0 Å². The molecular weight excluding hydrogens is 601 g/mol. The second-order valence-electron chi connectivity index (χ2n) is 10.6. The molecule has 2 aromatic carbocycles. The number of nitriles is 1. The lowest BCUT2D eigenvalue weighted by Crippen LogP contribution is -2.42. The minimum Gasteiger partial charge on any atom is -0.444 e. The molecule has 1 amide bonds. The number of rotatable bonds is 8. The third-order valence-corrected chi connectivity index (χ3v) is 9.25. The van der Waals surface area contributed by atoms with Crippen LogP contribution in [0.1, 0.15) is 39.2 Å². The predicted octanol–water partition coefficient (Wildman–Crippen LogP) is 6.58. The van der Waals surface area contributed by atoms with Crippen LogP contribution >= 0.6 is 23.4 Å². The Kier molecular flexibility index (Phi) is 10.4. The van der Waals surface area contributed by atoms with Crippen LogP contribution in [0.25, 0.3) is 11.1 Å². The highest BCUT2D eigenvalue weighted by molar-refractivity contribution is 7.99. The first kappa shape index (κ1) is 32.7. The number of halogens is 4. The third-order valence-electron chi connectivity index (χ3n) is 6.35. The largest absolute Gasteiger partial charge is 0.444 e. The van der Waals surface area contributed by atoms with Crippen LogP contribution in [-0.2, 0) is 20.8 Å². The Labute approximate surface area is 247 Å². The summed E-state index contributed by atoms with van der Waals surface area (Å²) in [5, 5.41) is 13.8. The topological polar surface area (TPSA) is 112 Å². The minimum absolute atomic E-state index is 0.0100. The first-order valence-corrected chi connectivity index (χ1v) is 16.0. The molecule has 2 aromatic rings. The van der Waals surface area contributed by atoms with Crippen molar-refractivity contribution < 1.29 is 31.1 Å². The molecular formula is C27H32ClF3N4O4S2. The van der Waals surface area contributed by atoms with Gasteiger partial charge in [0.05, 0.1) is 21.2 Å². The van der Waals surface area contributed by atoms with E-state index in [2.05, 4.69) is 10.6 Å². The molecule has 1 unspecified atom stereocenters. The average molecular weight is 633 g/mol. The molecule has 0 aromatic heterocycles. The number of nitrogens with zero attached hydrogens (tertiary/aromatic N) is 2. The number of nitrogens with one attached hydrogen (secondary N) is 2. The number of thioether (sulfide) groups is 1. The van der Waals surface area contributed by atoms with Gasteiger partial charge in [0.25, 0.3) is 0 Å². The Morgan fingerprint density at radius 2 is 1.80 bits per heavy atom. The van der Waals surface area contributed by atoms with Crippen LogP contribution in [0.3, 0.4) is 0 Å². The highest BCUT2D eigenvalue weighted by Gasteiger charge is 2.36. The summed E-state index contributed by atoms with van der Waals surface area (Å²) in [6.45, 7) is 6.08. The molecule has 224 valence electrons. The van der Waals surface area contributed by atoms with Crippen LogP contribution in [0.15, 0.2) is 41.3 Å². The van der Waals surface area contributed by atoms with Crippen molar-refractivity contribution in [2.45, 2.75) is 55.8 Å². The number of benzene rings is 2. The normalized spacial score (nSPS) is 15.6. The molecule has 1 fully saturated rings. The maximum atomic E-state index is 14.1. The van der Waals surface area contributed by atoms with E-state index in [1.807, 2.05) is 0 Å². The number of hydrogen-bond acceptors (Lipinski definition) is 8. The number of anilines is 1. The maximum absolute atomic E-state index is 14.1. The van der Waals surface area contributed by atoms with Gasteiger partial charge in [-0.15, -0.1) is 11.8 Å². The van der Waals surface area contributed by atoms with Crippen molar-refractivity contribution in [3.05, 3.63) is 47.0 Å². The Balaban J connectivity index is 1.77. The summed E-state index contributed by atoms with van der Waals surface area (Å²) in [4.78, 5) is 13.8. The number of carbonyl (C=O) groups excluding carboxylic acids is 1. The van der Waals surface area contributed by atoms with Crippen molar-refractivity contribution in [3.63, 3.8) is 0 Å². The summed E-state index contributed by atoms with van der Waals surface area (Å²) in [6, 6.07) is 7.40. The smallest absolute Gasteiger partial charge is 0.417 e. The van der Waals surface area contributed by atoms with Gasteiger partial charge in [-0.3, -0.25) is 5.32 Å². The first-order chi connectivity index (χ1) is 19.0. The van der Waals surface area contributed by atoms with E-state index in [-0.39, 0.29) is 38.4 Å². The monoisotopic (exact) mass is 632 g/mol. The minimum atomic E-state index is -4.76.